The number of likely N-dealkylation sites (N-methyl/N-ethyl adjacent to an activating group) is 1. The molecule has 0 spiro atoms. The lowest BCUT2D eigenvalue weighted by Crippen LogP contribution is -2.53. The van der Waals surface area contributed by atoms with E-state index in [2.05, 4.69) is 5.32 Å². The van der Waals surface area contributed by atoms with Gasteiger partial charge in [-0.25, -0.2) is 8.42 Å². The molecule has 0 aliphatic heterocycles. The van der Waals surface area contributed by atoms with Crippen LogP contribution in [-0.4, -0.2) is 51.0 Å². The van der Waals surface area contributed by atoms with E-state index in [-0.39, 0.29) is 18.9 Å². The zero-order valence-electron chi connectivity index (χ0n) is 21.7. The minimum Gasteiger partial charge on any atom is -0.357 e. The van der Waals surface area contributed by atoms with Crippen LogP contribution in [0.2, 0.25) is 10.0 Å². The summed E-state index contributed by atoms with van der Waals surface area (Å²) < 4.78 is 26.9. The lowest BCUT2D eigenvalue weighted by Gasteiger charge is -2.33. The summed E-state index contributed by atoms with van der Waals surface area (Å²) in [5.74, 6) is -0.934. The predicted octanol–water partition coefficient (Wildman–Crippen LogP) is 4.76. The number of sulfonamides is 1. The van der Waals surface area contributed by atoms with Crippen molar-refractivity contribution in [3.05, 3.63) is 99.0 Å². The Labute approximate surface area is 234 Å². The van der Waals surface area contributed by atoms with Gasteiger partial charge in [0.15, 0.2) is 0 Å². The molecule has 0 heterocycles. The summed E-state index contributed by atoms with van der Waals surface area (Å²) in [4.78, 5) is 28.5. The van der Waals surface area contributed by atoms with Crippen molar-refractivity contribution in [2.45, 2.75) is 32.9 Å². The minimum absolute atomic E-state index is 0.0237. The van der Waals surface area contributed by atoms with Crippen molar-refractivity contribution in [1.82, 2.24) is 10.2 Å². The molecule has 2 amide bonds. The third-order valence-corrected chi connectivity index (χ3v) is 8.11. The van der Waals surface area contributed by atoms with Crippen LogP contribution in [0.4, 0.5) is 5.69 Å². The second-order valence-electron chi connectivity index (χ2n) is 9.07. The third-order valence-electron chi connectivity index (χ3n) is 6.40. The number of anilines is 1. The fourth-order valence-corrected chi connectivity index (χ4v) is 5.52. The summed E-state index contributed by atoms with van der Waals surface area (Å²) in [6.07, 6.45) is 1.28. The fourth-order valence-electron chi connectivity index (χ4n) is 4.15. The molecule has 0 aliphatic rings. The first-order valence-corrected chi connectivity index (χ1v) is 14.6. The van der Waals surface area contributed by atoms with E-state index < -0.39 is 28.5 Å². The van der Waals surface area contributed by atoms with E-state index in [0.29, 0.717) is 21.3 Å². The smallest absolute Gasteiger partial charge is 0.244 e. The number of carbonyl (C=O) groups is 2. The number of nitrogens with one attached hydrogen (secondary N) is 1. The van der Waals surface area contributed by atoms with Crippen LogP contribution in [0.3, 0.4) is 0 Å². The molecule has 0 radical (unpaired) electrons. The largest absolute Gasteiger partial charge is 0.357 e. The molecule has 0 unspecified atom stereocenters. The number of halogens is 2. The van der Waals surface area contributed by atoms with E-state index >= 15 is 0 Å². The highest BCUT2D eigenvalue weighted by Crippen LogP contribution is 2.27. The molecule has 3 aromatic rings. The standard InChI is InChI=1S/C28H31Cl2N3O4S/c1-19-9-8-12-25(20(19)2)33(38(4,36)37)18-27(34)32(17-22-13-14-23(29)16-24(22)30)26(28(35)31-3)15-21-10-6-5-7-11-21/h5-14,16,26H,15,17-18H2,1-4H3,(H,31,35)/t26-/m1/s1. The number of aryl methyl sites for hydroxylation is 1. The molecule has 7 nitrogen and oxygen atoms in total. The lowest BCUT2D eigenvalue weighted by atomic mass is 10.0. The molecule has 10 heteroatoms. The molecule has 0 aromatic heterocycles. The van der Waals surface area contributed by atoms with Crippen LogP contribution >= 0.6 is 23.2 Å². The predicted molar refractivity (Wildman–Crippen MR) is 153 cm³/mol. The van der Waals surface area contributed by atoms with Gasteiger partial charge >= 0.3 is 0 Å². The third kappa shape index (κ3) is 7.28. The summed E-state index contributed by atoms with van der Waals surface area (Å²) in [7, 11) is -2.34. The Morgan fingerprint density at radius 1 is 0.974 bits per heavy atom. The number of benzene rings is 3. The van der Waals surface area contributed by atoms with Crippen molar-refractivity contribution in [1.29, 1.82) is 0 Å². The molecular weight excluding hydrogens is 545 g/mol. The van der Waals surface area contributed by atoms with Gasteiger partial charge in [-0.2, -0.15) is 0 Å². The van der Waals surface area contributed by atoms with Crippen LogP contribution in [0.25, 0.3) is 0 Å². The van der Waals surface area contributed by atoms with Crippen molar-refractivity contribution in [2.75, 3.05) is 24.2 Å². The van der Waals surface area contributed by atoms with E-state index in [1.54, 1.807) is 37.3 Å². The van der Waals surface area contributed by atoms with Crippen LogP contribution in [0.5, 0.6) is 0 Å². The fraction of sp³-hybridized carbons (Fsp3) is 0.286. The van der Waals surface area contributed by atoms with Gasteiger partial charge in [0.1, 0.15) is 12.6 Å². The lowest BCUT2D eigenvalue weighted by molar-refractivity contribution is -0.139. The summed E-state index contributed by atoms with van der Waals surface area (Å²) in [6.45, 7) is 3.17. The van der Waals surface area contributed by atoms with E-state index in [1.165, 1.54) is 11.9 Å². The number of carbonyl (C=O) groups excluding carboxylic acids is 2. The van der Waals surface area contributed by atoms with Gasteiger partial charge in [-0.3, -0.25) is 13.9 Å². The van der Waals surface area contributed by atoms with Gasteiger partial charge in [0.25, 0.3) is 0 Å². The number of hydrogen-bond acceptors (Lipinski definition) is 4. The zero-order valence-corrected chi connectivity index (χ0v) is 24.1. The number of amides is 2. The molecular formula is C28H31Cl2N3O4S. The van der Waals surface area contributed by atoms with Gasteiger partial charge in [0, 0.05) is 30.1 Å². The average Bonchev–Trinajstić information content (AvgIpc) is 2.87. The van der Waals surface area contributed by atoms with Crippen LogP contribution in [0, 0.1) is 13.8 Å². The Balaban J connectivity index is 2.08. The van der Waals surface area contributed by atoms with E-state index in [1.807, 2.05) is 43.3 Å². The minimum atomic E-state index is -3.84. The molecule has 0 saturated carbocycles. The molecule has 3 rings (SSSR count). The van der Waals surface area contributed by atoms with Crippen molar-refractivity contribution >= 4 is 50.7 Å². The highest BCUT2D eigenvalue weighted by Gasteiger charge is 2.33. The van der Waals surface area contributed by atoms with Crippen molar-refractivity contribution < 1.29 is 18.0 Å². The normalized spacial score (nSPS) is 12.1. The first-order valence-electron chi connectivity index (χ1n) is 11.9. The van der Waals surface area contributed by atoms with Crippen LogP contribution < -0.4 is 9.62 Å². The highest BCUT2D eigenvalue weighted by atomic mass is 35.5. The molecule has 1 N–H and O–H groups in total. The van der Waals surface area contributed by atoms with E-state index in [4.69, 9.17) is 23.2 Å². The summed E-state index contributed by atoms with van der Waals surface area (Å²) >= 11 is 12.5. The van der Waals surface area contributed by atoms with Gasteiger partial charge < -0.3 is 10.2 Å². The monoisotopic (exact) mass is 575 g/mol. The molecule has 0 bridgehead atoms. The van der Waals surface area contributed by atoms with Crippen molar-refractivity contribution in [3.63, 3.8) is 0 Å². The molecule has 0 fully saturated rings. The molecule has 0 aliphatic carbocycles. The first-order chi connectivity index (χ1) is 17.9. The number of hydrogen-bond donors (Lipinski definition) is 1. The second-order valence-corrected chi connectivity index (χ2v) is 11.8. The second kappa shape index (κ2) is 12.7. The maximum atomic E-state index is 14.0. The van der Waals surface area contributed by atoms with Gasteiger partial charge in [0.05, 0.1) is 11.9 Å². The van der Waals surface area contributed by atoms with Gasteiger partial charge in [-0.15, -0.1) is 0 Å². The van der Waals surface area contributed by atoms with Gasteiger partial charge in [0.2, 0.25) is 21.8 Å². The summed E-state index contributed by atoms with van der Waals surface area (Å²) in [5.41, 5.74) is 3.45. The Hall–Kier alpha value is -3.07. The van der Waals surface area contributed by atoms with Crippen LogP contribution in [0.15, 0.2) is 66.7 Å². The Morgan fingerprint density at radius 3 is 2.26 bits per heavy atom. The van der Waals surface area contributed by atoms with Crippen molar-refractivity contribution in [2.24, 2.45) is 0 Å². The topological polar surface area (TPSA) is 86.8 Å². The SMILES string of the molecule is CNC(=O)[C@@H](Cc1ccccc1)N(Cc1ccc(Cl)cc1Cl)C(=O)CN(c1cccc(C)c1C)S(C)(=O)=O. The van der Waals surface area contributed by atoms with E-state index in [0.717, 1.165) is 27.3 Å². The highest BCUT2D eigenvalue weighted by molar-refractivity contribution is 7.92. The molecule has 38 heavy (non-hydrogen) atoms. The van der Waals surface area contributed by atoms with Crippen LogP contribution in [-0.2, 0) is 32.6 Å². The molecule has 0 saturated heterocycles. The average molecular weight is 577 g/mol. The van der Waals surface area contributed by atoms with E-state index in [9.17, 15) is 18.0 Å². The quantitative estimate of drug-likeness (QED) is 0.377. The molecule has 1 atom stereocenters. The number of nitrogens with zero attached hydrogens (tertiary/aromatic N) is 2. The van der Waals surface area contributed by atoms with Crippen LogP contribution in [0.1, 0.15) is 22.3 Å². The Morgan fingerprint density at radius 2 is 1.66 bits per heavy atom. The van der Waals surface area contributed by atoms with Gasteiger partial charge in [-0.05, 0) is 54.3 Å². The summed E-state index contributed by atoms with van der Waals surface area (Å²) in [5, 5.41) is 3.41. The first kappa shape index (κ1) is 29.5. The molecule has 202 valence electrons. The van der Waals surface area contributed by atoms with Crippen molar-refractivity contribution in [3.8, 4) is 0 Å². The number of rotatable bonds is 10. The zero-order chi connectivity index (χ0) is 28.0. The molecule has 3 aromatic carbocycles. The maximum absolute atomic E-state index is 14.0. The summed E-state index contributed by atoms with van der Waals surface area (Å²) in [6, 6.07) is 18.6. The Kier molecular flexibility index (Phi) is 9.82. The van der Waals surface area contributed by atoms with Gasteiger partial charge in [-0.1, -0.05) is 71.7 Å². The maximum Gasteiger partial charge on any atom is 0.244 e. The Bertz CT molecular complexity index is 1410.